The largest absolute Gasteiger partial charge is 0.507 e. The van der Waals surface area contributed by atoms with Gasteiger partial charge in [0.2, 0.25) is 0 Å². The average Bonchev–Trinajstić information content (AvgIpc) is 2.09. The third-order valence-corrected chi connectivity index (χ3v) is 2.18. The number of aromatic carboxylic acids is 1. The second-order valence-corrected chi connectivity index (χ2v) is 3.23. The molecule has 1 aromatic rings. The van der Waals surface area contributed by atoms with Gasteiger partial charge < -0.3 is 15.9 Å². The molecule has 0 heterocycles. The second kappa shape index (κ2) is 3.89. The fraction of sp³-hybridized carbons (Fsp3) is 0. The molecule has 0 amide bonds. The Morgan fingerprint density at radius 1 is 1.57 bits per heavy atom. The van der Waals surface area contributed by atoms with E-state index in [2.05, 4.69) is 0 Å². The number of nitriles is 1. The first kappa shape index (κ1) is 10.2. The summed E-state index contributed by atoms with van der Waals surface area (Å²) in [5, 5.41) is 28.0. The predicted octanol–water partition coefficient (Wildman–Crippen LogP) is 1.25. The van der Waals surface area contributed by atoms with Gasteiger partial charge in [-0.1, -0.05) is 0 Å². The monoisotopic (exact) mass is 210 g/mol. The van der Waals surface area contributed by atoms with Gasteiger partial charge in [-0.15, -0.1) is 0 Å². The molecule has 4 N–H and O–H groups in total. The number of hydrogen-bond acceptors (Lipinski definition) is 5. The number of thioether (sulfide) groups is 1. The fourth-order valence-electron chi connectivity index (χ4n) is 0.893. The molecule has 0 radical (unpaired) electrons. The molecule has 0 spiro atoms. The molecule has 0 bridgehead atoms. The first-order valence-electron chi connectivity index (χ1n) is 3.48. The van der Waals surface area contributed by atoms with Crippen LogP contribution < -0.4 is 5.73 Å². The zero-order valence-corrected chi connectivity index (χ0v) is 7.71. The van der Waals surface area contributed by atoms with Gasteiger partial charge in [-0.2, -0.15) is 5.26 Å². The number of anilines is 1. The average molecular weight is 210 g/mol. The highest BCUT2D eigenvalue weighted by molar-refractivity contribution is 8.03. The Morgan fingerprint density at radius 2 is 2.21 bits per heavy atom. The zero-order chi connectivity index (χ0) is 10.7. The lowest BCUT2D eigenvalue weighted by Crippen LogP contribution is -1.99. The van der Waals surface area contributed by atoms with E-state index in [1.165, 1.54) is 6.07 Å². The van der Waals surface area contributed by atoms with Crippen LogP contribution >= 0.6 is 11.8 Å². The Morgan fingerprint density at radius 3 is 2.71 bits per heavy atom. The lowest BCUT2D eigenvalue weighted by atomic mass is 10.2. The van der Waals surface area contributed by atoms with E-state index in [9.17, 15) is 9.90 Å². The Labute approximate surface area is 83.8 Å². The summed E-state index contributed by atoms with van der Waals surface area (Å²) in [4.78, 5) is 10.9. The Balaban J connectivity index is 3.28. The van der Waals surface area contributed by atoms with Gasteiger partial charge in [0.05, 0.1) is 5.69 Å². The summed E-state index contributed by atoms with van der Waals surface area (Å²) in [6.45, 7) is 0. The molecule has 0 atom stereocenters. The molecule has 0 aromatic heterocycles. The minimum atomic E-state index is -1.26. The van der Waals surface area contributed by atoms with Gasteiger partial charge in [-0.25, -0.2) is 4.79 Å². The summed E-state index contributed by atoms with van der Waals surface area (Å²) in [5.41, 5.74) is 5.36. The molecule has 0 fully saturated rings. The van der Waals surface area contributed by atoms with E-state index >= 15 is 0 Å². The highest BCUT2D eigenvalue weighted by Crippen LogP contribution is 2.30. The van der Waals surface area contributed by atoms with Crippen molar-refractivity contribution in [3.8, 4) is 11.2 Å². The van der Waals surface area contributed by atoms with Crippen molar-refractivity contribution in [1.82, 2.24) is 0 Å². The summed E-state index contributed by atoms with van der Waals surface area (Å²) in [7, 11) is 0. The van der Waals surface area contributed by atoms with E-state index < -0.39 is 11.7 Å². The lowest BCUT2D eigenvalue weighted by Gasteiger charge is -2.04. The standard InChI is InChI=1S/C8H6N2O3S/c9-3-14-7-1-4(8(12)13)6(11)2-5(7)10/h1-2,11H,10H2,(H,12,13). The number of thiocyanates is 1. The van der Waals surface area contributed by atoms with Crippen molar-refractivity contribution in [3.05, 3.63) is 17.7 Å². The number of carbonyl (C=O) groups is 1. The Bertz CT molecular complexity index is 425. The van der Waals surface area contributed by atoms with Crippen LogP contribution in [0, 0.1) is 10.7 Å². The normalized spacial score (nSPS) is 9.36. The molecule has 1 rings (SSSR count). The Hall–Kier alpha value is -1.87. The van der Waals surface area contributed by atoms with Crippen LogP contribution in [0.25, 0.3) is 0 Å². The van der Waals surface area contributed by atoms with E-state index in [-0.39, 0.29) is 11.3 Å². The predicted molar refractivity (Wildman–Crippen MR) is 50.9 cm³/mol. The van der Waals surface area contributed by atoms with E-state index in [1.807, 2.05) is 0 Å². The van der Waals surface area contributed by atoms with Gasteiger partial charge in [-0.3, -0.25) is 0 Å². The Kier molecular flexibility index (Phi) is 2.84. The van der Waals surface area contributed by atoms with Crippen molar-refractivity contribution >= 4 is 23.4 Å². The molecule has 6 heteroatoms. The summed E-state index contributed by atoms with van der Waals surface area (Å²) >= 11 is 0.748. The number of carboxylic acid groups (broad SMARTS) is 1. The molecule has 0 aliphatic rings. The molecule has 0 saturated heterocycles. The van der Waals surface area contributed by atoms with Gasteiger partial charge in [0, 0.05) is 11.0 Å². The lowest BCUT2D eigenvalue weighted by molar-refractivity contribution is 0.0693. The maximum atomic E-state index is 10.6. The zero-order valence-electron chi connectivity index (χ0n) is 6.89. The highest BCUT2D eigenvalue weighted by Gasteiger charge is 2.13. The topological polar surface area (TPSA) is 107 Å². The number of nitrogens with zero attached hydrogens (tertiary/aromatic N) is 1. The van der Waals surface area contributed by atoms with Crippen molar-refractivity contribution < 1.29 is 15.0 Å². The molecule has 0 aliphatic heterocycles. The third kappa shape index (κ3) is 1.89. The van der Waals surface area contributed by atoms with Crippen LogP contribution in [0.3, 0.4) is 0 Å². The number of carboxylic acids is 1. The minimum absolute atomic E-state index is 0.180. The van der Waals surface area contributed by atoms with E-state index in [0.29, 0.717) is 4.90 Å². The summed E-state index contributed by atoms with van der Waals surface area (Å²) in [6, 6.07) is 2.28. The van der Waals surface area contributed by atoms with Crippen LogP contribution in [0.5, 0.6) is 5.75 Å². The summed E-state index contributed by atoms with van der Waals surface area (Å²) < 4.78 is 0. The molecule has 0 unspecified atom stereocenters. The number of rotatable bonds is 2. The molecule has 72 valence electrons. The number of nitrogen functional groups attached to an aromatic ring is 1. The van der Waals surface area contributed by atoms with Crippen LogP contribution in [0.2, 0.25) is 0 Å². The van der Waals surface area contributed by atoms with Gasteiger partial charge in [0.1, 0.15) is 16.7 Å². The number of hydrogen-bond donors (Lipinski definition) is 3. The van der Waals surface area contributed by atoms with Crippen molar-refractivity contribution in [1.29, 1.82) is 5.26 Å². The first-order chi connectivity index (χ1) is 6.56. The summed E-state index contributed by atoms with van der Waals surface area (Å²) in [5.74, 6) is -1.67. The van der Waals surface area contributed by atoms with Gasteiger partial charge in [0.25, 0.3) is 0 Å². The van der Waals surface area contributed by atoms with Crippen LogP contribution in [-0.4, -0.2) is 16.2 Å². The van der Waals surface area contributed by atoms with Gasteiger partial charge in [-0.05, 0) is 17.8 Å². The molecular formula is C8H6N2O3S. The maximum absolute atomic E-state index is 10.6. The van der Waals surface area contributed by atoms with E-state index in [1.54, 1.807) is 5.40 Å². The SMILES string of the molecule is N#CSc1cc(C(=O)O)c(O)cc1N. The number of aromatic hydroxyl groups is 1. The molecule has 14 heavy (non-hydrogen) atoms. The van der Waals surface area contributed by atoms with Crippen LogP contribution in [0.1, 0.15) is 10.4 Å². The highest BCUT2D eigenvalue weighted by atomic mass is 32.2. The molecule has 5 nitrogen and oxygen atoms in total. The summed E-state index contributed by atoms with van der Waals surface area (Å²) in [6.07, 6.45) is 0. The number of nitrogens with two attached hydrogens (primary N) is 1. The quantitative estimate of drug-likeness (QED) is 0.385. The molecule has 0 saturated carbocycles. The van der Waals surface area contributed by atoms with E-state index in [0.717, 1.165) is 17.8 Å². The van der Waals surface area contributed by atoms with Crippen molar-refractivity contribution in [2.45, 2.75) is 4.90 Å². The smallest absolute Gasteiger partial charge is 0.339 e. The van der Waals surface area contributed by atoms with Crippen LogP contribution in [0.15, 0.2) is 17.0 Å². The molecular weight excluding hydrogens is 204 g/mol. The van der Waals surface area contributed by atoms with Crippen molar-refractivity contribution in [2.24, 2.45) is 0 Å². The molecule has 0 aliphatic carbocycles. The third-order valence-electron chi connectivity index (χ3n) is 1.51. The maximum Gasteiger partial charge on any atom is 0.339 e. The van der Waals surface area contributed by atoms with Gasteiger partial charge in [0.15, 0.2) is 0 Å². The van der Waals surface area contributed by atoms with Crippen LogP contribution in [0.4, 0.5) is 5.69 Å². The number of benzene rings is 1. The molecule has 1 aromatic carbocycles. The van der Waals surface area contributed by atoms with Crippen molar-refractivity contribution in [3.63, 3.8) is 0 Å². The minimum Gasteiger partial charge on any atom is -0.507 e. The van der Waals surface area contributed by atoms with Crippen molar-refractivity contribution in [2.75, 3.05) is 5.73 Å². The van der Waals surface area contributed by atoms with Gasteiger partial charge >= 0.3 is 5.97 Å². The van der Waals surface area contributed by atoms with Crippen LogP contribution in [-0.2, 0) is 0 Å². The fourth-order valence-corrected chi connectivity index (χ4v) is 1.35. The van der Waals surface area contributed by atoms with E-state index in [4.69, 9.17) is 16.1 Å². The second-order valence-electron chi connectivity index (χ2n) is 2.41. The number of phenols is 1. The first-order valence-corrected chi connectivity index (χ1v) is 4.29.